The van der Waals surface area contributed by atoms with E-state index in [0.717, 1.165) is 11.3 Å². The molecule has 2 amide bonds. The van der Waals surface area contributed by atoms with Crippen LogP contribution in [0.25, 0.3) is 0 Å². The lowest BCUT2D eigenvalue weighted by molar-refractivity contribution is -0.127. The largest absolute Gasteiger partial charge is 0.384 e. The Morgan fingerprint density at radius 1 is 1.06 bits per heavy atom. The topological polar surface area (TPSA) is 162 Å². The van der Waals surface area contributed by atoms with Gasteiger partial charge in [0.15, 0.2) is 0 Å². The van der Waals surface area contributed by atoms with E-state index in [1.54, 1.807) is 30.6 Å². The zero-order valence-corrected chi connectivity index (χ0v) is 17.5. The number of rotatable bonds is 11. The molecule has 2 heterocycles. The van der Waals surface area contributed by atoms with Crippen molar-refractivity contribution >= 4 is 17.6 Å². The van der Waals surface area contributed by atoms with Crippen molar-refractivity contribution in [2.75, 3.05) is 13.1 Å². The Kier molecular flexibility index (Phi) is 8.04. The van der Waals surface area contributed by atoms with Crippen LogP contribution in [0.5, 0.6) is 0 Å². The third-order valence-electron chi connectivity index (χ3n) is 4.72. The zero-order chi connectivity index (χ0) is 22.8. The van der Waals surface area contributed by atoms with Gasteiger partial charge in [0.2, 0.25) is 11.8 Å². The summed E-state index contributed by atoms with van der Waals surface area (Å²) in [6.07, 6.45) is 3.88. The van der Waals surface area contributed by atoms with E-state index in [1.807, 2.05) is 30.3 Å². The minimum absolute atomic E-state index is 0.00229. The molecule has 1 atom stereocenters. The average Bonchev–Trinajstić information content (AvgIpc) is 3.33. The van der Waals surface area contributed by atoms with Crippen molar-refractivity contribution in [3.05, 3.63) is 83.4 Å². The molecule has 10 heteroatoms. The van der Waals surface area contributed by atoms with E-state index in [9.17, 15) is 9.59 Å². The second kappa shape index (κ2) is 11.4. The number of hydrogen-bond donors (Lipinski definition) is 6. The number of H-pyrrole nitrogens is 1. The van der Waals surface area contributed by atoms with Crippen molar-refractivity contribution in [3.63, 3.8) is 0 Å². The molecule has 2 aromatic heterocycles. The second-order valence-corrected chi connectivity index (χ2v) is 7.08. The highest BCUT2D eigenvalue weighted by molar-refractivity contribution is 5.94. The smallest absolute Gasteiger partial charge is 0.243 e. The standard InChI is InChI=1S/C22H26N8O2/c23-21(24)16-6-4-15(5-7-16)13-27-20(18-9-12-29-30-18)22(32)28-14-19(31)26-11-8-17-3-1-2-10-25-17/h1-7,9-10,12,20,27H,8,11,13-14H2,(H3,23,24)(H,26,31)(H,28,32)(H,29,30). The summed E-state index contributed by atoms with van der Waals surface area (Å²) < 4.78 is 0. The molecule has 0 fully saturated rings. The second-order valence-electron chi connectivity index (χ2n) is 7.08. The highest BCUT2D eigenvalue weighted by atomic mass is 16.2. The molecule has 3 rings (SSSR count). The predicted molar refractivity (Wildman–Crippen MR) is 120 cm³/mol. The molecule has 0 aliphatic heterocycles. The maximum Gasteiger partial charge on any atom is 0.243 e. The van der Waals surface area contributed by atoms with Gasteiger partial charge in [-0.15, -0.1) is 0 Å². The van der Waals surface area contributed by atoms with Crippen molar-refractivity contribution < 1.29 is 9.59 Å². The first-order valence-corrected chi connectivity index (χ1v) is 10.1. The first-order chi connectivity index (χ1) is 15.5. The molecule has 166 valence electrons. The number of benzene rings is 1. The van der Waals surface area contributed by atoms with E-state index in [1.165, 1.54) is 0 Å². The molecule has 0 aliphatic carbocycles. The van der Waals surface area contributed by atoms with Crippen molar-refractivity contribution in [1.29, 1.82) is 5.41 Å². The fourth-order valence-corrected chi connectivity index (χ4v) is 3.00. The molecule has 0 spiro atoms. The van der Waals surface area contributed by atoms with Gasteiger partial charge in [0.1, 0.15) is 11.9 Å². The highest BCUT2D eigenvalue weighted by Crippen LogP contribution is 2.12. The molecule has 7 N–H and O–H groups in total. The molecule has 10 nitrogen and oxygen atoms in total. The maximum atomic E-state index is 12.8. The maximum absolute atomic E-state index is 12.8. The van der Waals surface area contributed by atoms with Gasteiger partial charge in [-0.3, -0.25) is 30.4 Å². The lowest BCUT2D eigenvalue weighted by Gasteiger charge is -2.17. The number of nitrogens with two attached hydrogens (primary N) is 1. The van der Waals surface area contributed by atoms with E-state index >= 15 is 0 Å². The Balaban J connectivity index is 1.49. The minimum atomic E-state index is -0.716. The summed E-state index contributed by atoms with van der Waals surface area (Å²) in [5, 5.41) is 22.8. The van der Waals surface area contributed by atoms with Gasteiger partial charge in [0, 0.05) is 43.2 Å². The normalized spacial score (nSPS) is 11.5. The molecule has 1 aromatic carbocycles. The Bertz CT molecular complexity index is 1020. The van der Waals surface area contributed by atoms with Crippen LogP contribution in [0.1, 0.15) is 28.6 Å². The summed E-state index contributed by atoms with van der Waals surface area (Å²) in [5.74, 6) is -0.635. The molecule has 0 aliphatic rings. The van der Waals surface area contributed by atoms with Crippen molar-refractivity contribution in [2.45, 2.75) is 19.0 Å². The number of amidine groups is 1. The number of nitrogen functional groups attached to an aromatic ring is 1. The number of pyridine rings is 1. The van der Waals surface area contributed by atoms with Gasteiger partial charge in [-0.2, -0.15) is 5.10 Å². The lowest BCUT2D eigenvalue weighted by Crippen LogP contribution is -2.43. The van der Waals surface area contributed by atoms with Crippen LogP contribution in [0.4, 0.5) is 0 Å². The number of amides is 2. The molecule has 0 bridgehead atoms. The van der Waals surface area contributed by atoms with Crippen molar-refractivity contribution in [3.8, 4) is 0 Å². The summed E-state index contributed by atoms with van der Waals surface area (Å²) in [6.45, 7) is 0.691. The fraction of sp³-hybridized carbons (Fsp3) is 0.227. The van der Waals surface area contributed by atoms with E-state index in [4.69, 9.17) is 11.1 Å². The Morgan fingerprint density at radius 2 is 1.88 bits per heavy atom. The van der Waals surface area contributed by atoms with Crippen molar-refractivity contribution in [1.82, 2.24) is 31.1 Å². The molecular formula is C22H26N8O2. The van der Waals surface area contributed by atoms with Crippen LogP contribution in [0.3, 0.4) is 0 Å². The number of aromatic nitrogens is 3. The van der Waals surface area contributed by atoms with Gasteiger partial charge in [-0.1, -0.05) is 30.3 Å². The molecule has 1 unspecified atom stereocenters. The lowest BCUT2D eigenvalue weighted by atomic mass is 10.1. The van der Waals surface area contributed by atoms with Crippen molar-refractivity contribution in [2.24, 2.45) is 5.73 Å². The average molecular weight is 435 g/mol. The van der Waals surface area contributed by atoms with E-state index in [-0.39, 0.29) is 24.2 Å². The quantitative estimate of drug-likeness (QED) is 0.189. The molecule has 0 radical (unpaired) electrons. The van der Waals surface area contributed by atoms with Gasteiger partial charge in [0.05, 0.1) is 12.2 Å². The van der Waals surface area contributed by atoms with Crippen LogP contribution in [0.2, 0.25) is 0 Å². The number of nitrogens with zero attached hydrogens (tertiary/aromatic N) is 2. The van der Waals surface area contributed by atoms with E-state index in [2.05, 4.69) is 31.1 Å². The number of hydrogen-bond acceptors (Lipinski definition) is 6. The summed E-state index contributed by atoms with van der Waals surface area (Å²) in [4.78, 5) is 29.1. The van der Waals surface area contributed by atoms with Crippen LogP contribution < -0.4 is 21.7 Å². The summed E-state index contributed by atoms with van der Waals surface area (Å²) >= 11 is 0. The Hall–Kier alpha value is -4.05. The number of carbonyl (C=O) groups is 2. The van der Waals surface area contributed by atoms with Crippen LogP contribution in [0, 0.1) is 5.41 Å². The summed E-state index contributed by atoms with van der Waals surface area (Å²) in [5.41, 5.74) is 8.49. The highest BCUT2D eigenvalue weighted by Gasteiger charge is 2.22. The molecule has 0 saturated carbocycles. The number of carbonyl (C=O) groups excluding carboxylic acids is 2. The molecular weight excluding hydrogens is 408 g/mol. The van der Waals surface area contributed by atoms with Crippen LogP contribution in [-0.4, -0.2) is 45.9 Å². The van der Waals surface area contributed by atoms with Crippen LogP contribution in [0.15, 0.2) is 60.9 Å². The van der Waals surface area contributed by atoms with Crippen LogP contribution >= 0.6 is 0 Å². The zero-order valence-electron chi connectivity index (χ0n) is 17.5. The minimum Gasteiger partial charge on any atom is -0.384 e. The Morgan fingerprint density at radius 3 is 2.53 bits per heavy atom. The number of aromatic amines is 1. The third kappa shape index (κ3) is 6.74. The fourth-order valence-electron chi connectivity index (χ4n) is 3.00. The van der Waals surface area contributed by atoms with Gasteiger partial charge in [-0.05, 0) is 23.8 Å². The molecule has 3 aromatic rings. The SMILES string of the molecule is N=C(N)c1ccc(CNC(C(=O)NCC(=O)NCCc2ccccn2)c2ccn[nH]2)cc1. The van der Waals surface area contributed by atoms with Crippen LogP contribution in [-0.2, 0) is 22.6 Å². The first kappa shape index (κ1) is 22.6. The van der Waals surface area contributed by atoms with Gasteiger partial charge in [-0.25, -0.2) is 0 Å². The third-order valence-corrected chi connectivity index (χ3v) is 4.72. The van der Waals surface area contributed by atoms with Gasteiger partial charge >= 0.3 is 0 Å². The summed E-state index contributed by atoms with van der Waals surface area (Å²) in [7, 11) is 0. The van der Waals surface area contributed by atoms with Gasteiger partial charge in [0.25, 0.3) is 0 Å². The molecule has 0 saturated heterocycles. The van der Waals surface area contributed by atoms with E-state index in [0.29, 0.717) is 30.8 Å². The monoisotopic (exact) mass is 434 g/mol. The summed E-state index contributed by atoms with van der Waals surface area (Å²) in [6, 6.07) is 13.8. The first-order valence-electron chi connectivity index (χ1n) is 10.1. The van der Waals surface area contributed by atoms with Gasteiger partial charge < -0.3 is 16.4 Å². The Labute approximate surface area is 185 Å². The molecule has 32 heavy (non-hydrogen) atoms. The van der Waals surface area contributed by atoms with E-state index < -0.39 is 6.04 Å². The predicted octanol–water partition coefficient (Wildman–Crippen LogP) is 0.395. The number of nitrogens with one attached hydrogen (secondary N) is 5.